The Kier molecular flexibility index (Phi) is 2.39. The molecule has 4 nitrogen and oxygen atoms in total. The highest BCUT2D eigenvalue weighted by molar-refractivity contribution is 6.56. The molecular weight excluding hydrogens is 141 g/mol. The summed E-state index contributed by atoms with van der Waals surface area (Å²) >= 11 is 0. The van der Waals surface area contributed by atoms with Gasteiger partial charge < -0.3 is 4.90 Å². The molecule has 62 valence electrons. The highest BCUT2D eigenvalue weighted by Crippen LogP contribution is 2.01. The first-order chi connectivity index (χ1) is 5.15. The van der Waals surface area contributed by atoms with E-state index in [0.29, 0.717) is 6.85 Å². The zero-order chi connectivity index (χ0) is 8.43. The van der Waals surface area contributed by atoms with Crippen molar-refractivity contribution in [3.8, 4) is 0 Å². The van der Waals surface area contributed by atoms with Gasteiger partial charge in [-0.1, -0.05) is 13.2 Å². The molecule has 1 fully saturated rings. The van der Waals surface area contributed by atoms with Crippen molar-refractivity contribution < 1.29 is 4.79 Å². The molecule has 1 saturated heterocycles. The summed E-state index contributed by atoms with van der Waals surface area (Å²) in [4.78, 5) is 12.9. The Bertz CT molecular complexity index is 150. The van der Waals surface area contributed by atoms with Crippen LogP contribution in [-0.4, -0.2) is 43.3 Å². The second-order valence-corrected chi connectivity index (χ2v) is 2.96. The minimum absolute atomic E-state index is 0.0368. The molecule has 1 aliphatic rings. The minimum atomic E-state index is 0.0368. The monoisotopic (exact) mass is 155 g/mol. The van der Waals surface area contributed by atoms with Gasteiger partial charge in [0, 0.05) is 20.5 Å². The standard InChI is InChI=1S/C6H14BN3O/c1-4-7-5-9(2)6(11)10(3)8-7/h8H,4-5H2,1-3H3. The average Bonchev–Trinajstić information content (AvgIpc) is 1.99. The lowest BCUT2D eigenvalue weighted by Gasteiger charge is -2.35. The summed E-state index contributed by atoms with van der Waals surface area (Å²) in [6.45, 7) is 2.51. The van der Waals surface area contributed by atoms with Crippen molar-refractivity contribution in [2.75, 3.05) is 20.5 Å². The summed E-state index contributed by atoms with van der Waals surface area (Å²) in [5.41, 5.74) is 0. The van der Waals surface area contributed by atoms with E-state index < -0.39 is 0 Å². The van der Waals surface area contributed by atoms with Crippen LogP contribution in [0.5, 0.6) is 0 Å². The van der Waals surface area contributed by atoms with Gasteiger partial charge in [0.25, 0.3) is 6.85 Å². The van der Waals surface area contributed by atoms with Gasteiger partial charge >= 0.3 is 6.03 Å². The number of hydrogen-bond donors (Lipinski definition) is 1. The van der Waals surface area contributed by atoms with Crippen LogP contribution in [0, 0.1) is 0 Å². The van der Waals surface area contributed by atoms with E-state index in [9.17, 15) is 4.79 Å². The highest BCUT2D eigenvalue weighted by Gasteiger charge is 2.27. The summed E-state index contributed by atoms with van der Waals surface area (Å²) < 4.78 is 0. The van der Waals surface area contributed by atoms with Gasteiger partial charge in [0.15, 0.2) is 0 Å². The summed E-state index contributed by atoms with van der Waals surface area (Å²) in [5, 5.41) is 4.63. The van der Waals surface area contributed by atoms with E-state index in [4.69, 9.17) is 0 Å². The Morgan fingerprint density at radius 3 is 2.73 bits per heavy atom. The van der Waals surface area contributed by atoms with E-state index in [-0.39, 0.29) is 6.03 Å². The first-order valence-electron chi connectivity index (χ1n) is 3.90. The molecular formula is C6H14BN3O. The molecule has 2 amide bonds. The van der Waals surface area contributed by atoms with Crippen LogP contribution in [0.1, 0.15) is 6.92 Å². The molecule has 0 aromatic carbocycles. The Hall–Kier alpha value is -0.705. The zero-order valence-electron chi connectivity index (χ0n) is 7.29. The maximum absolute atomic E-state index is 11.2. The summed E-state index contributed by atoms with van der Waals surface area (Å²) in [5.74, 6) is 0. The van der Waals surface area contributed by atoms with Crippen molar-refractivity contribution >= 4 is 12.9 Å². The fourth-order valence-electron chi connectivity index (χ4n) is 1.26. The number of nitrogens with one attached hydrogen (secondary N) is 1. The minimum Gasteiger partial charge on any atom is -0.332 e. The molecule has 1 aliphatic heterocycles. The highest BCUT2D eigenvalue weighted by atomic mass is 16.2. The van der Waals surface area contributed by atoms with Gasteiger partial charge in [-0.3, -0.25) is 10.3 Å². The predicted octanol–water partition coefficient (Wildman–Crippen LogP) is 0.0388. The maximum Gasteiger partial charge on any atom is 0.332 e. The van der Waals surface area contributed by atoms with Gasteiger partial charge in [-0.15, -0.1) is 0 Å². The molecule has 11 heavy (non-hydrogen) atoms. The molecule has 0 aromatic heterocycles. The first kappa shape index (κ1) is 8.39. The quantitative estimate of drug-likeness (QED) is 0.542. The molecule has 0 atom stereocenters. The molecule has 0 saturated carbocycles. The third kappa shape index (κ3) is 1.65. The second kappa shape index (κ2) is 3.13. The van der Waals surface area contributed by atoms with Gasteiger partial charge in [0.2, 0.25) is 0 Å². The smallest absolute Gasteiger partial charge is 0.332 e. The van der Waals surface area contributed by atoms with Crippen LogP contribution in [0.4, 0.5) is 4.79 Å². The van der Waals surface area contributed by atoms with Crippen molar-refractivity contribution in [1.29, 1.82) is 0 Å². The SMILES string of the molecule is CCB1CN(C)C(=O)N(C)N1. The van der Waals surface area contributed by atoms with Crippen molar-refractivity contribution in [3.63, 3.8) is 0 Å². The Morgan fingerprint density at radius 2 is 2.27 bits per heavy atom. The van der Waals surface area contributed by atoms with Crippen LogP contribution in [-0.2, 0) is 0 Å². The number of hydrogen-bond acceptors (Lipinski definition) is 2. The number of amides is 2. The molecule has 1 heterocycles. The van der Waals surface area contributed by atoms with E-state index >= 15 is 0 Å². The van der Waals surface area contributed by atoms with E-state index in [1.807, 2.05) is 7.05 Å². The van der Waals surface area contributed by atoms with Crippen molar-refractivity contribution in [3.05, 3.63) is 0 Å². The third-order valence-corrected chi connectivity index (χ3v) is 1.98. The summed E-state index contributed by atoms with van der Waals surface area (Å²) in [6, 6.07) is 0.0368. The number of nitrogens with zero attached hydrogens (tertiary/aromatic N) is 2. The Labute approximate surface area is 67.6 Å². The van der Waals surface area contributed by atoms with Crippen LogP contribution >= 0.6 is 0 Å². The van der Waals surface area contributed by atoms with Crippen LogP contribution in [0.15, 0.2) is 0 Å². The summed E-state index contributed by atoms with van der Waals surface area (Å²) in [7, 11) is 3.57. The largest absolute Gasteiger partial charge is 0.332 e. The van der Waals surface area contributed by atoms with Crippen LogP contribution in [0.3, 0.4) is 0 Å². The zero-order valence-corrected chi connectivity index (χ0v) is 7.29. The Morgan fingerprint density at radius 1 is 1.64 bits per heavy atom. The molecule has 1 rings (SSSR count). The molecule has 0 unspecified atom stereocenters. The van der Waals surface area contributed by atoms with Crippen LogP contribution in [0.2, 0.25) is 6.32 Å². The lowest BCUT2D eigenvalue weighted by molar-refractivity contribution is 0.162. The second-order valence-electron chi connectivity index (χ2n) is 2.96. The number of hydrazine groups is 1. The molecule has 0 spiro atoms. The lowest BCUT2D eigenvalue weighted by Crippen LogP contribution is -2.62. The molecule has 0 aliphatic carbocycles. The fraction of sp³-hybridized carbons (Fsp3) is 0.833. The molecule has 1 N–H and O–H groups in total. The van der Waals surface area contributed by atoms with E-state index in [1.54, 1.807) is 11.9 Å². The lowest BCUT2D eigenvalue weighted by atomic mass is 9.59. The topological polar surface area (TPSA) is 35.6 Å². The Balaban J connectivity index is 2.54. The maximum atomic E-state index is 11.2. The predicted molar refractivity (Wildman–Crippen MR) is 45.2 cm³/mol. The number of urea groups is 1. The van der Waals surface area contributed by atoms with Gasteiger partial charge in [-0.2, -0.15) is 0 Å². The average molecular weight is 155 g/mol. The third-order valence-electron chi connectivity index (χ3n) is 1.98. The van der Waals surface area contributed by atoms with Crippen LogP contribution in [0.25, 0.3) is 0 Å². The van der Waals surface area contributed by atoms with Gasteiger partial charge in [-0.25, -0.2) is 4.79 Å². The van der Waals surface area contributed by atoms with Gasteiger partial charge in [0.1, 0.15) is 0 Å². The summed E-state index contributed by atoms with van der Waals surface area (Å²) in [6.07, 6.45) is 1.85. The van der Waals surface area contributed by atoms with E-state index in [2.05, 4.69) is 12.3 Å². The number of carbonyl (C=O) groups is 1. The number of rotatable bonds is 1. The molecule has 0 bridgehead atoms. The van der Waals surface area contributed by atoms with Crippen molar-refractivity contribution in [2.45, 2.75) is 13.2 Å². The molecule has 0 radical (unpaired) electrons. The van der Waals surface area contributed by atoms with Crippen molar-refractivity contribution in [1.82, 2.24) is 15.2 Å². The first-order valence-corrected chi connectivity index (χ1v) is 3.90. The van der Waals surface area contributed by atoms with E-state index in [1.165, 1.54) is 5.01 Å². The van der Waals surface area contributed by atoms with Crippen molar-refractivity contribution in [2.24, 2.45) is 0 Å². The van der Waals surface area contributed by atoms with Gasteiger partial charge in [-0.05, 0) is 0 Å². The normalized spacial score (nSPS) is 19.5. The van der Waals surface area contributed by atoms with Crippen LogP contribution < -0.4 is 5.34 Å². The number of carbonyl (C=O) groups excluding carboxylic acids is 1. The van der Waals surface area contributed by atoms with E-state index in [0.717, 1.165) is 12.8 Å². The molecule has 5 heteroatoms. The molecule has 0 aromatic rings. The fourth-order valence-corrected chi connectivity index (χ4v) is 1.26. The van der Waals surface area contributed by atoms with Gasteiger partial charge in [0.05, 0.1) is 0 Å².